The van der Waals surface area contributed by atoms with Crippen molar-refractivity contribution in [1.29, 1.82) is 0 Å². The molecule has 0 bridgehead atoms. The molecule has 0 heterocycles. The number of hydrogen-bond acceptors (Lipinski definition) is 3. The molecule has 2 unspecified atom stereocenters. The summed E-state index contributed by atoms with van der Waals surface area (Å²) in [5.74, 6) is 0. The van der Waals surface area contributed by atoms with Crippen LogP contribution in [0.3, 0.4) is 0 Å². The van der Waals surface area contributed by atoms with Crippen LogP contribution in [0.15, 0.2) is 0 Å². The molecule has 0 aromatic carbocycles. The highest BCUT2D eigenvalue weighted by Gasteiger charge is 2.10. The Labute approximate surface area is 85.9 Å². The SMILES string of the molecule is CC(O)CCN(C)C(C)CC(N)=S. The maximum Gasteiger partial charge on any atom is 0.0742 e. The van der Waals surface area contributed by atoms with Gasteiger partial charge in [-0.15, -0.1) is 0 Å². The van der Waals surface area contributed by atoms with Crippen molar-refractivity contribution >= 4 is 17.2 Å². The van der Waals surface area contributed by atoms with E-state index in [9.17, 15) is 0 Å². The molecule has 0 aromatic rings. The van der Waals surface area contributed by atoms with Gasteiger partial charge in [-0.3, -0.25) is 0 Å². The van der Waals surface area contributed by atoms with E-state index in [4.69, 9.17) is 23.1 Å². The molecule has 0 aliphatic carbocycles. The van der Waals surface area contributed by atoms with Crippen molar-refractivity contribution in [2.75, 3.05) is 13.6 Å². The summed E-state index contributed by atoms with van der Waals surface area (Å²) in [6.07, 6.45) is 1.29. The molecule has 13 heavy (non-hydrogen) atoms. The third kappa shape index (κ3) is 6.93. The van der Waals surface area contributed by atoms with Gasteiger partial charge in [-0.05, 0) is 27.3 Å². The summed E-state index contributed by atoms with van der Waals surface area (Å²) in [5.41, 5.74) is 5.44. The molecule has 0 aromatic heterocycles. The number of aliphatic hydroxyl groups excluding tert-OH is 1. The number of hydrogen-bond donors (Lipinski definition) is 2. The fourth-order valence-corrected chi connectivity index (χ4v) is 1.30. The van der Waals surface area contributed by atoms with Gasteiger partial charge < -0.3 is 15.7 Å². The van der Waals surface area contributed by atoms with Crippen LogP contribution in [0, 0.1) is 0 Å². The lowest BCUT2D eigenvalue weighted by Crippen LogP contribution is -2.34. The normalized spacial score (nSPS) is 15.8. The lowest BCUT2D eigenvalue weighted by Gasteiger charge is -2.24. The second-order valence-electron chi connectivity index (χ2n) is 3.64. The molecular weight excluding hydrogens is 184 g/mol. The lowest BCUT2D eigenvalue weighted by atomic mass is 10.2. The molecule has 0 spiro atoms. The Bertz CT molecular complexity index is 162. The van der Waals surface area contributed by atoms with E-state index < -0.39 is 0 Å². The van der Waals surface area contributed by atoms with Gasteiger partial charge in [0.1, 0.15) is 0 Å². The summed E-state index contributed by atoms with van der Waals surface area (Å²) < 4.78 is 0. The molecule has 0 rings (SSSR count). The Morgan fingerprint density at radius 3 is 2.46 bits per heavy atom. The van der Waals surface area contributed by atoms with Crippen LogP contribution in [0.5, 0.6) is 0 Å². The molecule has 0 amide bonds. The average molecular weight is 204 g/mol. The van der Waals surface area contributed by atoms with Crippen LogP contribution in [0.1, 0.15) is 26.7 Å². The van der Waals surface area contributed by atoms with Crippen LogP contribution >= 0.6 is 12.2 Å². The zero-order chi connectivity index (χ0) is 10.4. The summed E-state index contributed by atoms with van der Waals surface area (Å²) in [6.45, 7) is 4.76. The van der Waals surface area contributed by atoms with Gasteiger partial charge in [0.15, 0.2) is 0 Å². The summed E-state index contributed by atoms with van der Waals surface area (Å²) in [5, 5.41) is 9.09. The van der Waals surface area contributed by atoms with E-state index in [1.807, 2.05) is 7.05 Å². The van der Waals surface area contributed by atoms with Crippen molar-refractivity contribution in [2.45, 2.75) is 38.8 Å². The van der Waals surface area contributed by atoms with Crippen molar-refractivity contribution in [3.63, 3.8) is 0 Å². The monoisotopic (exact) mass is 204 g/mol. The predicted molar refractivity (Wildman–Crippen MR) is 59.8 cm³/mol. The molecule has 0 saturated heterocycles. The summed E-state index contributed by atoms with van der Waals surface area (Å²) in [4.78, 5) is 2.71. The number of thiocarbonyl (C=S) groups is 1. The van der Waals surface area contributed by atoms with Crippen molar-refractivity contribution in [2.24, 2.45) is 5.73 Å². The van der Waals surface area contributed by atoms with Gasteiger partial charge in [-0.1, -0.05) is 12.2 Å². The fourth-order valence-electron chi connectivity index (χ4n) is 1.06. The highest BCUT2D eigenvalue weighted by molar-refractivity contribution is 7.80. The van der Waals surface area contributed by atoms with Gasteiger partial charge >= 0.3 is 0 Å². The van der Waals surface area contributed by atoms with Crippen LogP contribution in [0.25, 0.3) is 0 Å². The zero-order valence-electron chi connectivity index (χ0n) is 8.66. The minimum absolute atomic E-state index is 0.237. The molecule has 0 radical (unpaired) electrons. The maximum atomic E-state index is 9.09. The van der Waals surface area contributed by atoms with E-state index in [1.165, 1.54) is 0 Å². The second-order valence-corrected chi connectivity index (χ2v) is 4.16. The van der Waals surface area contributed by atoms with Gasteiger partial charge in [-0.25, -0.2) is 0 Å². The first-order chi connectivity index (χ1) is 5.93. The molecule has 3 N–H and O–H groups in total. The lowest BCUT2D eigenvalue weighted by molar-refractivity contribution is 0.154. The largest absolute Gasteiger partial charge is 0.393 e. The number of nitrogens with zero attached hydrogens (tertiary/aromatic N) is 1. The molecule has 0 aliphatic heterocycles. The third-order valence-electron chi connectivity index (χ3n) is 2.15. The highest BCUT2D eigenvalue weighted by atomic mass is 32.1. The van der Waals surface area contributed by atoms with E-state index in [0.717, 1.165) is 19.4 Å². The van der Waals surface area contributed by atoms with E-state index in [0.29, 0.717) is 11.0 Å². The van der Waals surface area contributed by atoms with Crippen molar-refractivity contribution < 1.29 is 5.11 Å². The van der Waals surface area contributed by atoms with E-state index >= 15 is 0 Å². The quantitative estimate of drug-likeness (QED) is 0.627. The molecule has 4 heteroatoms. The Balaban J connectivity index is 3.68. The Morgan fingerprint density at radius 2 is 2.08 bits per heavy atom. The Kier molecular flexibility index (Phi) is 6.20. The van der Waals surface area contributed by atoms with Crippen molar-refractivity contribution in [3.05, 3.63) is 0 Å². The van der Waals surface area contributed by atoms with Gasteiger partial charge in [0.25, 0.3) is 0 Å². The van der Waals surface area contributed by atoms with E-state index in [2.05, 4.69) is 11.8 Å². The number of nitrogens with two attached hydrogens (primary N) is 1. The Morgan fingerprint density at radius 1 is 1.54 bits per heavy atom. The van der Waals surface area contributed by atoms with Crippen LogP contribution in [0.4, 0.5) is 0 Å². The topological polar surface area (TPSA) is 49.5 Å². The van der Waals surface area contributed by atoms with Gasteiger partial charge in [-0.2, -0.15) is 0 Å². The highest BCUT2D eigenvalue weighted by Crippen LogP contribution is 2.03. The Hall–Kier alpha value is -0.190. The van der Waals surface area contributed by atoms with Gasteiger partial charge in [0.05, 0.1) is 11.1 Å². The number of aliphatic hydroxyl groups is 1. The molecule has 2 atom stereocenters. The average Bonchev–Trinajstić information content (AvgIpc) is 1.98. The first-order valence-corrected chi connectivity index (χ1v) is 5.01. The standard InChI is InChI=1S/C9H20N2OS/c1-7(6-9(10)13)11(3)5-4-8(2)12/h7-8,12H,4-6H2,1-3H3,(H2,10,13). The van der Waals surface area contributed by atoms with Gasteiger partial charge in [0, 0.05) is 19.0 Å². The van der Waals surface area contributed by atoms with Crippen LogP contribution in [-0.2, 0) is 0 Å². The number of rotatable bonds is 6. The molecule has 78 valence electrons. The minimum Gasteiger partial charge on any atom is -0.393 e. The smallest absolute Gasteiger partial charge is 0.0742 e. The van der Waals surface area contributed by atoms with E-state index in [-0.39, 0.29) is 6.10 Å². The predicted octanol–water partition coefficient (Wildman–Crippen LogP) is 0.754. The maximum absolute atomic E-state index is 9.09. The third-order valence-corrected chi connectivity index (χ3v) is 2.32. The first kappa shape index (κ1) is 12.8. The van der Waals surface area contributed by atoms with Crippen LogP contribution in [-0.4, -0.2) is 40.7 Å². The molecular formula is C9H20N2OS. The van der Waals surface area contributed by atoms with Gasteiger partial charge in [0.2, 0.25) is 0 Å². The van der Waals surface area contributed by atoms with E-state index in [1.54, 1.807) is 6.92 Å². The summed E-state index contributed by atoms with van der Waals surface area (Å²) in [7, 11) is 2.02. The van der Waals surface area contributed by atoms with Crippen molar-refractivity contribution in [1.82, 2.24) is 4.90 Å². The zero-order valence-corrected chi connectivity index (χ0v) is 9.47. The molecule has 0 aliphatic rings. The second kappa shape index (κ2) is 6.29. The molecule has 0 fully saturated rings. The molecule has 0 saturated carbocycles. The summed E-state index contributed by atoms with van der Waals surface area (Å²) >= 11 is 4.83. The van der Waals surface area contributed by atoms with Crippen LogP contribution in [0.2, 0.25) is 0 Å². The fraction of sp³-hybridized carbons (Fsp3) is 0.889. The van der Waals surface area contributed by atoms with Crippen molar-refractivity contribution in [3.8, 4) is 0 Å². The minimum atomic E-state index is -0.237. The molecule has 3 nitrogen and oxygen atoms in total. The van der Waals surface area contributed by atoms with Crippen LogP contribution < -0.4 is 5.73 Å². The first-order valence-electron chi connectivity index (χ1n) is 4.60. The summed E-state index contributed by atoms with van der Waals surface area (Å²) in [6, 6.07) is 0.358.